The van der Waals surface area contributed by atoms with Crippen molar-refractivity contribution in [3.63, 3.8) is 0 Å². The van der Waals surface area contributed by atoms with Crippen molar-refractivity contribution in [3.8, 4) is 0 Å². The van der Waals surface area contributed by atoms with Crippen molar-refractivity contribution < 1.29 is 8.42 Å². The molecule has 5 heteroatoms. The van der Waals surface area contributed by atoms with E-state index in [1.54, 1.807) is 11.3 Å². The molecule has 3 heterocycles. The number of pyridine rings is 1. The molecule has 0 amide bonds. The van der Waals surface area contributed by atoms with Crippen LogP contribution in [0.1, 0.15) is 11.3 Å². The first-order valence-corrected chi connectivity index (χ1v) is 7.22. The second-order valence-corrected chi connectivity index (χ2v) is 6.66. The summed E-state index contributed by atoms with van der Waals surface area (Å²) in [6.07, 6.45) is 0.562. The summed E-state index contributed by atoms with van der Waals surface area (Å²) in [6, 6.07) is 1.94. The van der Waals surface area contributed by atoms with E-state index in [1.165, 1.54) is 0 Å². The van der Waals surface area contributed by atoms with Crippen molar-refractivity contribution in [2.24, 2.45) is 0 Å². The fourth-order valence-electron chi connectivity index (χ4n) is 2.10. The molecule has 0 aromatic carbocycles. The quantitative estimate of drug-likeness (QED) is 0.705. The number of fused-ring (bicyclic) bond motifs is 2. The standard InChI is InChI=1S/C10H9NO2S2/c1-6-7-2-4-14-10(7)11-8-3-5-15(12,13)9(6)8/h2,4H,3,5H2,1H3. The molecule has 0 unspecified atom stereocenters. The minimum absolute atomic E-state index is 0.216. The van der Waals surface area contributed by atoms with Gasteiger partial charge in [0.2, 0.25) is 0 Å². The van der Waals surface area contributed by atoms with Gasteiger partial charge in [-0.3, -0.25) is 0 Å². The number of thiophene rings is 1. The maximum atomic E-state index is 11.8. The first-order valence-electron chi connectivity index (χ1n) is 4.69. The van der Waals surface area contributed by atoms with Gasteiger partial charge in [0, 0.05) is 11.8 Å². The molecule has 0 aliphatic carbocycles. The van der Waals surface area contributed by atoms with E-state index in [1.807, 2.05) is 18.4 Å². The summed E-state index contributed by atoms with van der Waals surface area (Å²) >= 11 is 1.56. The Morgan fingerprint density at radius 1 is 1.47 bits per heavy atom. The highest BCUT2D eigenvalue weighted by Crippen LogP contribution is 2.34. The van der Waals surface area contributed by atoms with Crippen LogP contribution in [0.4, 0.5) is 0 Å². The van der Waals surface area contributed by atoms with E-state index in [-0.39, 0.29) is 5.75 Å². The van der Waals surface area contributed by atoms with Gasteiger partial charge < -0.3 is 0 Å². The van der Waals surface area contributed by atoms with Gasteiger partial charge in [0.05, 0.1) is 16.3 Å². The molecule has 2 aromatic heterocycles. The lowest BCUT2D eigenvalue weighted by Crippen LogP contribution is -2.01. The van der Waals surface area contributed by atoms with E-state index < -0.39 is 9.84 Å². The maximum Gasteiger partial charge on any atom is 0.180 e. The monoisotopic (exact) mass is 239 g/mol. The highest BCUT2D eigenvalue weighted by molar-refractivity contribution is 7.91. The Morgan fingerprint density at radius 3 is 3.07 bits per heavy atom. The summed E-state index contributed by atoms with van der Waals surface area (Å²) in [6.45, 7) is 1.87. The highest BCUT2D eigenvalue weighted by atomic mass is 32.2. The van der Waals surface area contributed by atoms with Gasteiger partial charge in [-0.05, 0) is 23.9 Å². The summed E-state index contributed by atoms with van der Waals surface area (Å²) < 4.78 is 23.6. The van der Waals surface area contributed by atoms with Crippen molar-refractivity contribution >= 4 is 31.4 Å². The number of nitrogens with zero attached hydrogens (tertiary/aromatic N) is 1. The summed E-state index contributed by atoms with van der Waals surface area (Å²) in [5.74, 6) is 0.216. The first kappa shape index (κ1) is 9.30. The third-order valence-electron chi connectivity index (χ3n) is 2.81. The van der Waals surface area contributed by atoms with Crippen LogP contribution in [-0.4, -0.2) is 19.2 Å². The number of aryl methyl sites for hydroxylation is 2. The average Bonchev–Trinajstić information content (AvgIpc) is 2.72. The van der Waals surface area contributed by atoms with Crippen LogP contribution in [0, 0.1) is 6.92 Å². The SMILES string of the molecule is Cc1c2c(nc3sccc13)CCS2(=O)=O. The van der Waals surface area contributed by atoms with Crippen molar-refractivity contribution in [1.29, 1.82) is 0 Å². The molecule has 0 bridgehead atoms. The first-order chi connectivity index (χ1) is 7.09. The summed E-state index contributed by atoms with van der Waals surface area (Å²) in [5, 5.41) is 2.93. The Hall–Kier alpha value is -0.940. The lowest BCUT2D eigenvalue weighted by molar-refractivity contribution is 0.599. The van der Waals surface area contributed by atoms with E-state index in [4.69, 9.17) is 0 Å². The maximum absolute atomic E-state index is 11.8. The molecule has 3 rings (SSSR count). The Bertz CT molecular complexity index is 655. The molecule has 2 aromatic rings. The Morgan fingerprint density at radius 2 is 2.27 bits per heavy atom. The van der Waals surface area contributed by atoms with E-state index in [9.17, 15) is 8.42 Å². The minimum Gasteiger partial charge on any atom is -0.241 e. The number of aromatic nitrogens is 1. The second kappa shape index (κ2) is 2.80. The lowest BCUT2D eigenvalue weighted by Gasteiger charge is -2.03. The zero-order valence-corrected chi connectivity index (χ0v) is 9.78. The summed E-state index contributed by atoms with van der Waals surface area (Å²) in [7, 11) is -3.06. The molecular formula is C10H9NO2S2. The Balaban J connectivity index is 2.53. The normalized spacial score (nSPS) is 18.2. The molecule has 1 aliphatic heterocycles. The zero-order chi connectivity index (χ0) is 10.6. The molecule has 0 N–H and O–H groups in total. The van der Waals surface area contributed by atoms with Crippen LogP contribution in [-0.2, 0) is 16.3 Å². The fraction of sp³-hybridized carbons (Fsp3) is 0.300. The van der Waals surface area contributed by atoms with Gasteiger partial charge in [0.1, 0.15) is 4.83 Å². The molecule has 78 valence electrons. The molecule has 15 heavy (non-hydrogen) atoms. The van der Waals surface area contributed by atoms with E-state index in [2.05, 4.69) is 4.98 Å². The lowest BCUT2D eigenvalue weighted by atomic mass is 10.1. The fourth-order valence-corrected chi connectivity index (χ4v) is 4.69. The van der Waals surface area contributed by atoms with Crippen LogP contribution in [0.25, 0.3) is 10.2 Å². The Kier molecular flexibility index (Phi) is 1.73. The molecular weight excluding hydrogens is 230 g/mol. The molecule has 0 saturated carbocycles. The van der Waals surface area contributed by atoms with Gasteiger partial charge in [-0.1, -0.05) is 0 Å². The number of hydrogen-bond acceptors (Lipinski definition) is 4. The van der Waals surface area contributed by atoms with Gasteiger partial charge in [0.25, 0.3) is 0 Å². The van der Waals surface area contributed by atoms with Gasteiger partial charge in [0.15, 0.2) is 9.84 Å². The predicted molar refractivity (Wildman–Crippen MR) is 60.1 cm³/mol. The molecule has 3 nitrogen and oxygen atoms in total. The number of rotatable bonds is 0. The van der Waals surface area contributed by atoms with Crippen LogP contribution in [0.5, 0.6) is 0 Å². The zero-order valence-electron chi connectivity index (χ0n) is 8.15. The van der Waals surface area contributed by atoms with Gasteiger partial charge in [-0.15, -0.1) is 11.3 Å². The summed E-state index contributed by atoms with van der Waals surface area (Å²) in [5.41, 5.74) is 1.62. The molecule has 0 fully saturated rings. The van der Waals surface area contributed by atoms with Crippen LogP contribution in [0.3, 0.4) is 0 Å². The number of hydrogen-bond donors (Lipinski definition) is 0. The van der Waals surface area contributed by atoms with Crippen molar-refractivity contribution in [3.05, 3.63) is 22.7 Å². The predicted octanol–water partition coefficient (Wildman–Crippen LogP) is 1.93. The third-order valence-corrected chi connectivity index (χ3v) is 5.52. The average molecular weight is 239 g/mol. The van der Waals surface area contributed by atoms with Crippen molar-refractivity contribution in [2.45, 2.75) is 18.2 Å². The van der Waals surface area contributed by atoms with Gasteiger partial charge >= 0.3 is 0 Å². The third kappa shape index (κ3) is 1.16. The smallest absolute Gasteiger partial charge is 0.180 e. The van der Waals surface area contributed by atoms with E-state index >= 15 is 0 Å². The topological polar surface area (TPSA) is 47.0 Å². The summed E-state index contributed by atoms with van der Waals surface area (Å²) in [4.78, 5) is 5.84. The molecule has 0 radical (unpaired) electrons. The minimum atomic E-state index is -3.06. The van der Waals surface area contributed by atoms with E-state index in [0.717, 1.165) is 21.5 Å². The van der Waals surface area contributed by atoms with Crippen LogP contribution >= 0.6 is 11.3 Å². The molecule has 0 saturated heterocycles. The largest absolute Gasteiger partial charge is 0.241 e. The van der Waals surface area contributed by atoms with E-state index in [0.29, 0.717) is 11.3 Å². The van der Waals surface area contributed by atoms with Crippen LogP contribution in [0.2, 0.25) is 0 Å². The van der Waals surface area contributed by atoms with Gasteiger partial charge in [-0.2, -0.15) is 0 Å². The Labute approximate surface area is 91.7 Å². The molecule has 0 spiro atoms. The number of sulfone groups is 1. The highest BCUT2D eigenvalue weighted by Gasteiger charge is 2.30. The van der Waals surface area contributed by atoms with Gasteiger partial charge in [-0.25, -0.2) is 13.4 Å². The molecule has 0 atom stereocenters. The van der Waals surface area contributed by atoms with Crippen molar-refractivity contribution in [1.82, 2.24) is 4.98 Å². The van der Waals surface area contributed by atoms with Crippen molar-refractivity contribution in [2.75, 3.05) is 5.75 Å². The second-order valence-electron chi connectivity index (χ2n) is 3.72. The molecule has 1 aliphatic rings. The van der Waals surface area contributed by atoms with Crippen LogP contribution < -0.4 is 0 Å². The van der Waals surface area contributed by atoms with Crippen LogP contribution in [0.15, 0.2) is 16.3 Å².